The van der Waals surface area contributed by atoms with Crippen LogP contribution in [0.5, 0.6) is 0 Å². The van der Waals surface area contributed by atoms with Crippen molar-refractivity contribution in [3.8, 4) is 33.9 Å². The highest BCUT2D eigenvalue weighted by Gasteiger charge is 2.33. The molecule has 0 aliphatic heterocycles. The lowest BCUT2D eigenvalue weighted by atomic mass is 9.89. The molecule has 0 N–H and O–H groups in total. The molecule has 71 heavy (non-hydrogen) atoms. The Morgan fingerprint density at radius 2 is 0.676 bits per heavy atom. The topological polar surface area (TPSA) is 19.7 Å². The molecule has 0 saturated carbocycles. The van der Waals surface area contributed by atoms with Crippen LogP contribution in [-0.2, 0) is 0 Å². The number of aromatic nitrogens is 4. The normalized spacial score (nSPS) is 13.5. The van der Waals surface area contributed by atoms with Crippen LogP contribution in [0.25, 0.3) is 121 Å². The van der Waals surface area contributed by atoms with E-state index in [9.17, 15) is 0 Å². The van der Waals surface area contributed by atoms with Gasteiger partial charge in [0.05, 0.1) is 44.1 Å². The third-order valence-corrected chi connectivity index (χ3v) is 15.6. The molecule has 0 radical (unpaired) electrons. The van der Waals surface area contributed by atoms with Crippen LogP contribution in [0.15, 0.2) is 249 Å². The fraction of sp³-hybridized carbons (Fsp3) is 0.0149. The molecule has 330 valence electrons. The Kier molecular flexibility index (Phi) is 7.91. The minimum atomic E-state index is 0.158. The minimum absolute atomic E-state index is 0.158. The smallest absolute Gasteiger partial charge is 0.0641 e. The third-order valence-electron chi connectivity index (χ3n) is 15.6. The molecule has 1 aliphatic carbocycles. The summed E-state index contributed by atoms with van der Waals surface area (Å²) < 4.78 is 9.95. The van der Waals surface area contributed by atoms with E-state index in [1.54, 1.807) is 0 Å². The Labute approximate surface area is 408 Å². The number of para-hydroxylation sites is 5. The first kappa shape index (κ1) is 38.6. The van der Waals surface area contributed by atoms with Crippen molar-refractivity contribution >= 4 is 87.2 Å². The first-order valence-electron chi connectivity index (χ1n) is 24.6. The van der Waals surface area contributed by atoms with Gasteiger partial charge in [0.2, 0.25) is 0 Å². The highest BCUT2D eigenvalue weighted by atomic mass is 15.0. The quantitative estimate of drug-likeness (QED) is 0.164. The molecule has 0 fully saturated rings. The number of hydrogen-bond acceptors (Lipinski definition) is 0. The Balaban J connectivity index is 0.944. The summed E-state index contributed by atoms with van der Waals surface area (Å²) in [5.41, 5.74) is 20.7. The molecule has 0 bridgehead atoms. The third kappa shape index (κ3) is 5.28. The molecule has 0 spiro atoms. The monoisotopic (exact) mass is 902 g/mol. The van der Waals surface area contributed by atoms with Crippen LogP contribution in [0, 0.1) is 0 Å². The Morgan fingerprint density at radius 3 is 1.28 bits per heavy atom. The van der Waals surface area contributed by atoms with Gasteiger partial charge < -0.3 is 18.3 Å². The molecular weight excluding hydrogens is 861 g/mol. The number of nitrogens with zero attached hydrogens (tertiary/aromatic N) is 4. The SMILES string of the molecule is c1ccc(C2c3ccccc3-c3c2ccc2c4ccccc4n(-c4cccc(-n5c6ccccc6c6c5ccc5c7ccccc7n(-c7cccc(-n8c9ccccc9c9ccccc98)c7)c56)c4)c32)cc1. The summed E-state index contributed by atoms with van der Waals surface area (Å²) in [5, 5.41) is 9.97. The van der Waals surface area contributed by atoms with E-state index in [-0.39, 0.29) is 5.92 Å². The lowest BCUT2D eigenvalue weighted by molar-refractivity contribution is 1.02. The molecule has 1 aliphatic rings. The zero-order valence-corrected chi connectivity index (χ0v) is 38.5. The zero-order chi connectivity index (χ0) is 46.3. The van der Waals surface area contributed by atoms with E-state index >= 15 is 0 Å². The van der Waals surface area contributed by atoms with Gasteiger partial charge in [0.15, 0.2) is 0 Å². The second-order valence-corrected chi connectivity index (χ2v) is 19.2. The molecule has 4 nitrogen and oxygen atoms in total. The lowest BCUT2D eigenvalue weighted by Crippen LogP contribution is -2.00. The van der Waals surface area contributed by atoms with Crippen molar-refractivity contribution in [3.05, 3.63) is 265 Å². The van der Waals surface area contributed by atoms with Gasteiger partial charge in [-0.2, -0.15) is 0 Å². The molecule has 0 saturated heterocycles. The van der Waals surface area contributed by atoms with Crippen molar-refractivity contribution < 1.29 is 0 Å². The lowest BCUT2D eigenvalue weighted by Gasteiger charge is -2.16. The highest BCUT2D eigenvalue weighted by Crippen LogP contribution is 2.53. The maximum Gasteiger partial charge on any atom is 0.0641 e. The van der Waals surface area contributed by atoms with E-state index < -0.39 is 0 Å². The number of fused-ring (bicyclic) bond motifs is 17. The minimum Gasteiger partial charge on any atom is -0.309 e. The van der Waals surface area contributed by atoms with Crippen molar-refractivity contribution in [1.29, 1.82) is 0 Å². The highest BCUT2D eigenvalue weighted by molar-refractivity contribution is 6.26. The van der Waals surface area contributed by atoms with Crippen LogP contribution in [0.1, 0.15) is 22.6 Å². The van der Waals surface area contributed by atoms with Crippen LogP contribution in [0.3, 0.4) is 0 Å². The molecule has 4 aromatic heterocycles. The van der Waals surface area contributed by atoms with Crippen molar-refractivity contribution in [2.75, 3.05) is 0 Å². The van der Waals surface area contributed by atoms with Crippen LogP contribution < -0.4 is 0 Å². The van der Waals surface area contributed by atoms with Gasteiger partial charge in [-0.15, -0.1) is 0 Å². The largest absolute Gasteiger partial charge is 0.309 e. The first-order valence-corrected chi connectivity index (χ1v) is 24.6. The average molecular weight is 903 g/mol. The van der Waals surface area contributed by atoms with Gasteiger partial charge >= 0.3 is 0 Å². The van der Waals surface area contributed by atoms with E-state index in [0.717, 1.165) is 22.7 Å². The summed E-state index contributed by atoms with van der Waals surface area (Å²) in [6.45, 7) is 0. The standard InChI is InChI=1S/C67H42N4/c1-2-18-42(19-3-1)63-51-28-4-5-29-52(51)64-56(63)37-36-53-49-26-8-13-33-59(49)70(66(53)64)45-22-17-21-44(41-45)69-61-35-15-10-30-55(61)65-62(69)39-38-54-50-27-9-14-34-60(50)71(67(54)65)46-23-16-20-43(40-46)68-57-31-11-6-24-47(57)48-25-7-12-32-58(48)68/h1-41,63H. The molecule has 0 amide bonds. The Bertz CT molecular complexity index is 4660. The van der Waals surface area contributed by atoms with Crippen molar-refractivity contribution in [1.82, 2.24) is 18.3 Å². The van der Waals surface area contributed by atoms with E-state index in [1.165, 1.54) is 115 Å². The van der Waals surface area contributed by atoms with Gasteiger partial charge in [0, 0.05) is 77.3 Å². The molecular formula is C67H42N4. The molecule has 4 heterocycles. The Hall–Kier alpha value is -9.38. The van der Waals surface area contributed by atoms with Gasteiger partial charge in [-0.1, -0.05) is 176 Å². The van der Waals surface area contributed by atoms with E-state index in [2.05, 4.69) is 267 Å². The summed E-state index contributed by atoms with van der Waals surface area (Å²) in [6, 6.07) is 92.2. The van der Waals surface area contributed by atoms with Crippen LogP contribution in [0.4, 0.5) is 0 Å². The second-order valence-electron chi connectivity index (χ2n) is 19.2. The molecule has 16 rings (SSSR count). The van der Waals surface area contributed by atoms with Crippen molar-refractivity contribution in [3.63, 3.8) is 0 Å². The zero-order valence-electron chi connectivity index (χ0n) is 38.5. The maximum absolute atomic E-state index is 2.53. The van der Waals surface area contributed by atoms with Gasteiger partial charge in [0.25, 0.3) is 0 Å². The summed E-state index contributed by atoms with van der Waals surface area (Å²) >= 11 is 0. The van der Waals surface area contributed by atoms with Gasteiger partial charge in [-0.05, 0) is 95.1 Å². The van der Waals surface area contributed by atoms with Crippen molar-refractivity contribution in [2.45, 2.75) is 5.92 Å². The number of benzene rings is 11. The predicted molar refractivity (Wildman–Crippen MR) is 297 cm³/mol. The Morgan fingerprint density at radius 1 is 0.254 bits per heavy atom. The summed E-state index contributed by atoms with van der Waals surface area (Å²) in [7, 11) is 0. The van der Waals surface area contributed by atoms with E-state index in [1.807, 2.05) is 0 Å². The molecule has 11 aromatic carbocycles. The average Bonchev–Trinajstić information content (AvgIpc) is 4.23. The molecule has 1 atom stereocenters. The molecule has 1 unspecified atom stereocenters. The summed E-state index contributed by atoms with van der Waals surface area (Å²) in [4.78, 5) is 0. The fourth-order valence-electron chi connectivity index (χ4n) is 12.8. The maximum atomic E-state index is 2.53. The predicted octanol–water partition coefficient (Wildman–Crippen LogP) is 17.2. The van der Waals surface area contributed by atoms with Crippen molar-refractivity contribution in [2.24, 2.45) is 0 Å². The second kappa shape index (κ2) is 14.6. The fourth-order valence-corrected chi connectivity index (χ4v) is 12.8. The van der Waals surface area contributed by atoms with Gasteiger partial charge in [0.1, 0.15) is 0 Å². The van der Waals surface area contributed by atoms with E-state index in [0.29, 0.717) is 0 Å². The summed E-state index contributed by atoms with van der Waals surface area (Å²) in [6.07, 6.45) is 0. The number of hydrogen-bond donors (Lipinski definition) is 0. The molecule has 15 aromatic rings. The number of rotatable bonds is 5. The van der Waals surface area contributed by atoms with Crippen LogP contribution in [-0.4, -0.2) is 18.3 Å². The summed E-state index contributed by atoms with van der Waals surface area (Å²) in [5.74, 6) is 0.158. The first-order chi connectivity index (χ1) is 35.3. The van der Waals surface area contributed by atoms with E-state index in [4.69, 9.17) is 0 Å². The van der Waals surface area contributed by atoms with Crippen LogP contribution >= 0.6 is 0 Å². The van der Waals surface area contributed by atoms with Crippen LogP contribution in [0.2, 0.25) is 0 Å². The van der Waals surface area contributed by atoms with Gasteiger partial charge in [-0.25, -0.2) is 0 Å². The molecule has 4 heteroatoms. The van der Waals surface area contributed by atoms with Gasteiger partial charge in [-0.3, -0.25) is 0 Å².